The van der Waals surface area contributed by atoms with Crippen molar-refractivity contribution in [2.45, 2.75) is 19.4 Å². The SMILES string of the molecule is Cc1ccccc1CC(O)C=CF. The van der Waals surface area contributed by atoms with E-state index in [4.69, 9.17) is 0 Å². The second-order valence-corrected chi connectivity index (χ2v) is 3.02. The molecule has 0 saturated carbocycles. The first kappa shape index (κ1) is 9.93. The smallest absolute Gasteiger partial charge is 0.0852 e. The van der Waals surface area contributed by atoms with Gasteiger partial charge in [0, 0.05) is 6.42 Å². The normalized spacial score (nSPS) is 13.5. The minimum absolute atomic E-state index is 0.378. The minimum Gasteiger partial charge on any atom is -0.389 e. The van der Waals surface area contributed by atoms with Gasteiger partial charge in [-0.1, -0.05) is 24.3 Å². The molecule has 1 atom stereocenters. The highest BCUT2D eigenvalue weighted by atomic mass is 19.1. The van der Waals surface area contributed by atoms with E-state index >= 15 is 0 Å². The summed E-state index contributed by atoms with van der Waals surface area (Å²) in [6.45, 7) is 1.97. The van der Waals surface area contributed by atoms with Crippen molar-refractivity contribution in [1.29, 1.82) is 0 Å². The summed E-state index contributed by atoms with van der Waals surface area (Å²) in [6, 6.07) is 7.76. The Morgan fingerprint density at radius 2 is 2.15 bits per heavy atom. The topological polar surface area (TPSA) is 20.2 Å². The van der Waals surface area contributed by atoms with Crippen LogP contribution in [0, 0.1) is 6.92 Å². The van der Waals surface area contributed by atoms with Crippen LogP contribution < -0.4 is 0 Å². The van der Waals surface area contributed by atoms with E-state index in [0.29, 0.717) is 12.8 Å². The highest BCUT2D eigenvalue weighted by Crippen LogP contribution is 2.10. The zero-order valence-corrected chi connectivity index (χ0v) is 7.57. The number of aliphatic hydroxyl groups is 1. The molecule has 0 radical (unpaired) electrons. The van der Waals surface area contributed by atoms with E-state index in [2.05, 4.69) is 0 Å². The first-order valence-electron chi connectivity index (χ1n) is 4.23. The molecule has 1 nitrogen and oxygen atoms in total. The molecule has 0 heterocycles. The molecule has 0 saturated heterocycles. The Morgan fingerprint density at radius 1 is 1.46 bits per heavy atom. The molecule has 0 fully saturated rings. The van der Waals surface area contributed by atoms with E-state index in [-0.39, 0.29) is 0 Å². The summed E-state index contributed by atoms with van der Waals surface area (Å²) >= 11 is 0. The molecule has 1 N–H and O–H groups in total. The number of rotatable bonds is 3. The van der Waals surface area contributed by atoms with Crippen LogP contribution in [0.3, 0.4) is 0 Å². The van der Waals surface area contributed by atoms with Crippen molar-refractivity contribution in [3.63, 3.8) is 0 Å². The Morgan fingerprint density at radius 3 is 2.77 bits per heavy atom. The van der Waals surface area contributed by atoms with E-state index < -0.39 is 6.10 Å². The first-order chi connectivity index (χ1) is 6.24. The molecule has 13 heavy (non-hydrogen) atoms. The van der Waals surface area contributed by atoms with Crippen LogP contribution in [0.15, 0.2) is 36.7 Å². The molecule has 1 aromatic rings. The third-order valence-electron chi connectivity index (χ3n) is 1.99. The molecule has 1 rings (SSSR count). The van der Waals surface area contributed by atoms with E-state index in [0.717, 1.165) is 17.2 Å². The maximum Gasteiger partial charge on any atom is 0.0852 e. The highest BCUT2D eigenvalue weighted by Gasteiger charge is 2.02. The Labute approximate surface area is 77.5 Å². The van der Waals surface area contributed by atoms with E-state index in [1.165, 1.54) is 0 Å². The van der Waals surface area contributed by atoms with Crippen LogP contribution in [0.5, 0.6) is 0 Å². The number of benzene rings is 1. The zero-order chi connectivity index (χ0) is 9.68. The van der Waals surface area contributed by atoms with Crippen molar-refractivity contribution in [1.82, 2.24) is 0 Å². The molecule has 0 amide bonds. The molecule has 0 bridgehead atoms. The van der Waals surface area contributed by atoms with Gasteiger partial charge in [0.25, 0.3) is 0 Å². The summed E-state index contributed by atoms with van der Waals surface area (Å²) in [4.78, 5) is 0. The van der Waals surface area contributed by atoms with Crippen LogP contribution in [0.2, 0.25) is 0 Å². The largest absolute Gasteiger partial charge is 0.389 e. The molecular weight excluding hydrogens is 167 g/mol. The van der Waals surface area contributed by atoms with E-state index in [1.807, 2.05) is 31.2 Å². The van der Waals surface area contributed by atoms with Gasteiger partial charge >= 0.3 is 0 Å². The summed E-state index contributed by atoms with van der Waals surface area (Å²) in [5.41, 5.74) is 2.17. The molecular formula is C11H13FO. The van der Waals surface area contributed by atoms with Crippen LogP contribution in [0.25, 0.3) is 0 Å². The van der Waals surface area contributed by atoms with Gasteiger partial charge in [-0.15, -0.1) is 0 Å². The van der Waals surface area contributed by atoms with Crippen LogP contribution in [0.4, 0.5) is 4.39 Å². The van der Waals surface area contributed by atoms with Gasteiger partial charge in [0.1, 0.15) is 0 Å². The monoisotopic (exact) mass is 180 g/mol. The highest BCUT2D eigenvalue weighted by molar-refractivity contribution is 5.26. The molecule has 2 heteroatoms. The lowest BCUT2D eigenvalue weighted by Gasteiger charge is -2.07. The van der Waals surface area contributed by atoms with Crippen molar-refractivity contribution < 1.29 is 9.50 Å². The average molecular weight is 180 g/mol. The Bertz CT molecular complexity index is 294. The van der Waals surface area contributed by atoms with Gasteiger partial charge in [-0.2, -0.15) is 0 Å². The molecule has 0 aliphatic heterocycles. The molecule has 1 aromatic carbocycles. The molecule has 0 spiro atoms. The maximum atomic E-state index is 11.7. The van der Waals surface area contributed by atoms with Crippen molar-refractivity contribution >= 4 is 0 Å². The maximum absolute atomic E-state index is 11.7. The Kier molecular flexibility index (Phi) is 3.65. The lowest BCUT2D eigenvalue weighted by Crippen LogP contribution is -2.07. The van der Waals surface area contributed by atoms with E-state index in [1.54, 1.807) is 0 Å². The molecule has 0 aliphatic rings. The number of hydrogen-bond donors (Lipinski definition) is 1. The number of hydrogen-bond acceptors (Lipinski definition) is 1. The third-order valence-corrected chi connectivity index (χ3v) is 1.99. The van der Waals surface area contributed by atoms with Gasteiger partial charge in [0.2, 0.25) is 0 Å². The summed E-state index contributed by atoms with van der Waals surface area (Å²) in [6.07, 6.45) is 1.26. The van der Waals surface area contributed by atoms with Crippen molar-refractivity contribution in [3.05, 3.63) is 47.8 Å². The summed E-state index contributed by atoms with van der Waals surface area (Å²) in [5, 5.41) is 9.30. The van der Waals surface area contributed by atoms with Gasteiger partial charge in [0.15, 0.2) is 0 Å². The fourth-order valence-corrected chi connectivity index (χ4v) is 1.22. The lowest BCUT2D eigenvalue weighted by atomic mass is 10.0. The molecule has 0 aromatic heterocycles. The second-order valence-electron chi connectivity index (χ2n) is 3.02. The number of aliphatic hydroxyl groups excluding tert-OH is 1. The van der Waals surface area contributed by atoms with Gasteiger partial charge in [-0.3, -0.25) is 0 Å². The predicted octanol–water partition coefficient (Wildman–Crippen LogP) is 2.38. The average Bonchev–Trinajstić information content (AvgIpc) is 2.09. The second kappa shape index (κ2) is 4.77. The standard InChI is InChI=1S/C11H13FO/c1-9-4-2-3-5-10(9)8-11(13)6-7-12/h2-7,11,13H,8H2,1H3. The molecule has 1 unspecified atom stereocenters. The van der Waals surface area contributed by atoms with Gasteiger partial charge in [-0.05, 0) is 24.1 Å². The van der Waals surface area contributed by atoms with Crippen molar-refractivity contribution in [2.75, 3.05) is 0 Å². The zero-order valence-electron chi connectivity index (χ0n) is 7.57. The van der Waals surface area contributed by atoms with Crippen molar-refractivity contribution in [2.24, 2.45) is 0 Å². The van der Waals surface area contributed by atoms with Gasteiger partial charge in [0.05, 0.1) is 12.4 Å². The van der Waals surface area contributed by atoms with Crippen LogP contribution >= 0.6 is 0 Å². The Balaban J connectivity index is 2.68. The van der Waals surface area contributed by atoms with Crippen LogP contribution in [-0.2, 0) is 6.42 Å². The molecule has 70 valence electrons. The number of halogens is 1. The lowest BCUT2D eigenvalue weighted by molar-refractivity contribution is 0.222. The van der Waals surface area contributed by atoms with Crippen LogP contribution in [0.1, 0.15) is 11.1 Å². The minimum atomic E-state index is -0.730. The molecule has 0 aliphatic carbocycles. The van der Waals surface area contributed by atoms with E-state index in [9.17, 15) is 9.50 Å². The van der Waals surface area contributed by atoms with Gasteiger partial charge in [-0.25, -0.2) is 4.39 Å². The van der Waals surface area contributed by atoms with Gasteiger partial charge < -0.3 is 5.11 Å². The third kappa shape index (κ3) is 2.99. The summed E-state index contributed by atoms with van der Waals surface area (Å²) < 4.78 is 11.7. The quantitative estimate of drug-likeness (QED) is 0.757. The fourth-order valence-electron chi connectivity index (χ4n) is 1.22. The summed E-state index contributed by atoms with van der Waals surface area (Å²) in [5.74, 6) is 0. The predicted molar refractivity (Wildman–Crippen MR) is 51.1 cm³/mol. The first-order valence-corrected chi connectivity index (χ1v) is 4.23. The number of aryl methyl sites for hydroxylation is 1. The fraction of sp³-hybridized carbons (Fsp3) is 0.273. The summed E-state index contributed by atoms with van der Waals surface area (Å²) in [7, 11) is 0. The van der Waals surface area contributed by atoms with Crippen LogP contribution in [-0.4, -0.2) is 11.2 Å². The Hall–Kier alpha value is -1.15. The van der Waals surface area contributed by atoms with Crippen molar-refractivity contribution in [3.8, 4) is 0 Å².